The van der Waals surface area contributed by atoms with Crippen molar-refractivity contribution < 1.29 is 14.2 Å². The highest BCUT2D eigenvalue weighted by Gasteiger charge is 2.18. The Labute approximate surface area is 152 Å². The van der Waals surface area contributed by atoms with Crippen LogP contribution in [0.4, 0.5) is 0 Å². The molecule has 6 bridgehead atoms. The zero-order chi connectivity index (χ0) is 18.1. The monoisotopic (exact) mass is 358 g/mol. The van der Waals surface area contributed by atoms with Crippen LogP contribution in [0.1, 0.15) is 43.0 Å². The zero-order valence-electron chi connectivity index (χ0n) is 13.9. The molecule has 0 unspecified atom stereocenters. The topological polar surface area (TPSA) is 51.2 Å². The molecule has 0 spiro atoms. The molecule has 0 radical (unpaired) electrons. The van der Waals surface area contributed by atoms with Crippen molar-refractivity contribution in [3.63, 3.8) is 0 Å². The van der Waals surface area contributed by atoms with Gasteiger partial charge in [0.05, 0.1) is 5.30 Å². The van der Waals surface area contributed by atoms with Crippen molar-refractivity contribution in [2.24, 2.45) is 0 Å². The summed E-state index contributed by atoms with van der Waals surface area (Å²) >= 11 is 0. The standard InChI is InChI=1S/C22H15O3P/c23-21-16-7-3-14(4-8-16)1-2-15-5-9-17(10-6-15)22(24)19-13-18(21)11-12-20(19)26-25/h3-13H,1-2H2. The minimum absolute atomic E-state index is 0.149. The molecule has 126 valence electrons. The fraction of sp³-hybridized carbons (Fsp3) is 0.0909. The molecule has 0 saturated carbocycles. The fourth-order valence-corrected chi connectivity index (χ4v) is 3.60. The molecule has 0 aromatic heterocycles. The maximum atomic E-state index is 12.9. The Balaban J connectivity index is 1.92. The van der Waals surface area contributed by atoms with Gasteiger partial charge in [-0.3, -0.25) is 14.2 Å². The molecule has 3 aromatic rings. The van der Waals surface area contributed by atoms with Crippen LogP contribution in [-0.2, 0) is 17.4 Å². The summed E-state index contributed by atoms with van der Waals surface area (Å²) in [6.45, 7) is 0. The summed E-state index contributed by atoms with van der Waals surface area (Å²) in [5.41, 5.74) is 4.13. The van der Waals surface area contributed by atoms with Crippen molar-refractivity contribution in [2.75, 3.05) is 0 Å². The summed E-state index contributed by atoms with van der Waals surface area (Å²) in [5.74, 6) is -0.376. The number of benzene rings is 3. The van der Waals surface area contributed by atoms with E-state index in [9.17, 15) is 14.2 Å². The first-order chi connectivity index (χ1) is 12.7. The molecule has 26 heavy (non-hydrogen) atoms. The Kier molecular flexibility index (Phi) is 4.32. The van der Waals surface area contributed by atoms with E-state index in [1.54, 1.807) is 30.3 Å². The lowest BCUT2D eigenvalue weighted by molar-refractivity contribution is 0.103. The van der Waals surface area contributed by atoms with Gasteiger partial charge < -0.3 is 0 Å². The van der Waals surface area contributed by atoms with Gasteiger partial charge in [-0.15, -0.1) is 0 Å². The third-order valence-corrected chi connectivity index (χ3v) is 5.32. The summed E-state index contributed by atoms with van der Waals surface area (Å²) in [7, 11) is -0.242. The first-order valence-electron chi connectivity index (χ1n) is 8.40. The molecule has 0 aliphatic heterocycles. The number of carbonyl (C=O) groups is 2. The largest absolute Gasteiger partial charge is 0.289 e. The average molecular weight is 358 g/mol. The molecule has 0 amide bonds. The first-order valence-corrected chi connectivity index (χ1v) is 9.21. The van der Waals surface area contributed by atoms with Gasteiger partial charge in [-0.05, 0) is 42.2 Å². The van der Waals surface area contributed by atoms with E-state index in [-0.39, 0.29) is 20.0 Å². The van der Waals surface area contributed by atoms with E-state index in [0.29, 0.717) is 27.6 Å². The number of carbonyl (C=O) groups excluding carboxylic acids is 2. The Morgan fingerprint density at radius 1 is 0.615 bits per heavy atom. The van der Waals surface area contributed by atoms with Crippen LogP contribution in [0, 0.1) is 0 Å². The fourth-order valence-electron chi connectivity index (χ4n) is 3.20. The van der Waals surface area contributed by atoms with Crippen LogP contribution in [0.5, 0.6) is 0 Å². The molecule has 0 saturated heterocycles. The molecular formula is C22H15O3P. The van der Waals surface area contributed by atoms with Crippen LogP contribution in [0.3, 0.4) is 0 Å². The SMILES string of the molecule is O=Pc1ccc2cc1C(=O)c1ccc(cc1)CCc1ccc(cc1)C2=O. The van der Waals surface area contributed by atoms with E-state index >= 15 is 0 Å². The smallest absolute Gasteiger partial charge is 0.194 e. The Hall–Kier alpha value is -2.90. The van der Waals surface area contributed by atoms with Crippen LogP contribution < -0.4 is 5.30 Å². The lowest BCUT2D eigenvalue weighted by Gasteiger charge is -2.07. The van der Waals surface area contributed by atoms with E-state index in [2.05, 4.69) is 0 Å². The van der Waals surface area contributed by atoms with Gasteiger partial charge in [0.1, 0.15) is 0 Å². The van der Waals surface area contributed by atoms with Crippen molar-refractivity contribution >= 4 is 25.3 Å². The average Bonchev–Trinajstić information content (AvgIpc) is 2.71. The summed E-state index contributed by atoms with van der Waals surface area (Å²) in [4.78, 5) is 25.7. The first kappa shape index (κ1) is 16.6. The summed E-state index contributed by atoms with van der Waals surface area (Å²) in [6.07, 6.45) is 1.73. The van der Waals surface area contributed by atoms with Crippen molar-refractivity contribution in [1.29, 1.82) is 0 Å². The third-order valence-electron chi connectivity index (χ3n) is 4.74. The predicted octanol–water partition coefficient (Wildman–Crippen LogP) is 4.16. The van der Waals surface area contributed by atoms with Crippen LogP contribution in [0.2, 0.25) is 0 Å². The Morgan fingerprint density at radius 2 is 1.12 bits per heavy atom. The molecule has 3 aromatic carbocycles. The van der Waals surface area contributed by atoms with Crippen molar-refractivity contribution in [1.82, 2.24) is 0 Å². The molecule has 0 N–H and O–H groups in total. The predicted molar refractivity (Wildman–Crippen MR) is 101 cm³/mol. The highest BCUT2D eigenvalue weighted by molar-refractivity contribution is 7.34. The normalized spacial score (nSPS) is 13.7. The highest BCUT2D eigenvalue weighted by atomic mass is 31.1. The van der Waals surface area contributed by atoms with E-state index in [1.807, 2.05) is 36.4 Å². The second kappa shape index (κ2) is 6.78. The zero-order valence-corrected chi connectivity index (χ0v) is 14.8. The minimum atomic E-state index is -0.242. The van der Waals surface area contributed by atoms with Crippen LogP contribution in [-0.4, -0.2) is 11.6 Å². The van der Waals surface area contributed by atoms with Crippen molar-refractivity contribution in [3.05, 3.63) is 100 Å². The van der Waals surface area contributed by atoms with Gasteiger partial charge >= 0.3 is 0 Å². The Bertz CT molecular complexity index is 1020. The molecule has 0 heterocycles. The molecular weight excluding hydrogens is 343 g/mol. The quantitative estimate of drug-likeness (QED) is 0.614. The number of ketones is 2. The number of hydrogen-bond acceptors (Lipinski definition) is 3. The van der Waals surface area contributed by atoms with Crippen LogP contribution in [0.15, 0.2) is 66.7 Å². The van der Waals surface area contributed by atoms with Gasteiger partial charge in [0, 0.05) is 22.3 Å². The van der Waals surface area contributed by atoms with Crippen LogP contribution in [0.25, 0.3) is 0 Å². The van der Waals surface area contributed by atoms with Gasteiger partial charge in [0.2, 0.25) is 0 Å². The van der Waals surface area contributed by atoms with Gasteiger partial charge in [0.15, 0.2) is 20.0 Å². The number of rotatable bonds is 1. The van der Waals surface area contributed by atoms with Crippen molar-refractivity contribution in [2.45, 2.75) is 12.8 Å². The lowest BCUT2D eigenvalue weighted by Crippen LogP contribution is -2.14. The van der Waals surface area contributed by atoms with Gasteiger partial charge in [-0.25, -0.2) is 0 Å². The summed E-state index contributed by atoms with van der Waals surface area (Å²) in [6, 6.07) is 19.8. The van der Waals surface area contributed by atoms with Gasteiger partial charge in [0.25, 0.3) is 0 Å². The summed E-state index contributed by atoms with van der Waals surface area (Å²) < 4.78 is 11.5. The van der Waals surface area contributed by atoms with E-state index in [1.165, 1.54) is 0 Å². The van der Waals surface area contributed by atoms with Crippen molar-refractivity contribution in [3.8, 4) is 0 Å². The second-order valence-electron chi connectivity index (χ2n) is 6.38. The third kappa shape index (κ3) is 3.02. The molecule has 4 aliphatic rings. The van der Waals surface area contributed by atoms with Gasteiger partial charge in [-0.1, -0.05) is 48.5 Å². The summed E-state index contributed by atoms with van der Waals surface area (Å²) in [5, 5.41) is 0.385. The van der Waals surface area contributed by atoms with E-state index in [0.717, 1.165) is 24.0 Å². The van der Waals surface area contributed by atoms with E-state index < -0.39 is 0 Å². The minimum Gasteiger partial charge on any atom is -0.289 e. The number of hydrogen-bond donors (Lipinski definition) is 0. The molecule has 3 nitrogen and oxygen atoms in total. The molecule has 0 fully saturated rings. The lowest BCUT2D eigenvalue weighted by atomic mass is 9.97. The molecule has 0 atom stereocenters. The van der Waals surface area contributed by atoms with Gasteiger partial charge in [-0.2, -0.15) is 0 Å². The molecule has 7 rings (SSSR count). The highest BCUT2D eigenvalue weighted by Crippen LogP contribution is 2.19. The molecule has 4 aliphatic carbocycles. The maximum Gasteiger partial charge on any atom is 0.194 e. The Morgan fingerprint density at radius 3 is 1.65 bits per heavy atom. The maximum absolute atomic E-state index is 12.9. The molecule has 4 heteroatoms. The number of aryl methyl sites for hydroxylation is 2. The second-order valence-corrected chi connectivity index (χ2v) is 7.04. The van der Waals surface area contributed by atoms with Crippen LogP contribution >= 0.6 is 8.46 Å². The van der Waals surface area contributed by atoms with E-state index in [4.69, 9.17) is 0 Å².